The molecule has 31 valence electrons. The number of hydrogen-bond acceptors (Lipinski definition) is 1. The van der Waals surface area contributed by atoms with Crippen LogP contribution in [0.2, 0.25) is 6.55 Å². The average molecular weight is 88.2 g/mol. The molecule has 1 N–H and O–H groups in total. The molecule has 0 saturated carbocycles. The molecule has 0 saturated heterocycles. The molecule has 0 atom stereocenters. The second kappa shape index (κ2) is 4.18. The molecule has 0 aliphatic heterocycles. The van der Waals surface area contributed by atoms with Gasteiger partial charge in [0.1, 0.15) is 0 Å². The molecule has 0 aliphatic rings. The van der Waals surface area contributed by atoms with Crippen LogP contribution < -0.4 is 5.32 Å². The maximum atomic E-state index is 2.95. The lowest BCUT2D eigenvalue weighted by atomic mass is 11.3. The summed E-state index contributed by atoms with van der Waals surface area (Å²) in [5, 5.41) is 2.95. The molecule has 0 bridgehead atoms. The summed E-state index contributed by atoms with van der Waals surface area (Å²) in [4.78, 5) is 0. The van der Waals surface area contributed by atoms with Crippen LogP contribution in [-0.2, 0) is 0 Å². The molecule has 0 fully saturated rings. The molecule has 0 rings (SSSR count). The van der Waals surface area contributed by atoms with Crippen LogP contribution in [0.5, 0.6) is 0 Å². The van der Waals surface area contributed by atoms with Crippen LogP contribution in [0.1, 0.15) is 0 Å². The van der Waals surface area contributed by atoms with Crippen LogP contribution in [0, 0.1) is 6.17 Å². The Kier molecular flexibility index (Phi) is 4.32. The second-order valence-electron chi connectivity index (χ2n) is 0.901. The molecule has 0 aromatic carbocycles. The van der Waals surface area contributed by atoms with Gasteiger partial charge in [-0.3, -0.25) is 0 Å². The van der Waals surface area contributed by atoms with Crippen LogP contribution >= 0.6 is 0 Å². The third kappa shape index (κ3) is 4.18. The highest BCUT2D eigenvalue weighted by Crippen LogP contribution is 1.54. The van der Waals surface area contributed by atoms with E-state index in [1.165, 1.54) is 0 Å². The van der Waals surface area contributed by atoms with Crippen LogP contribution in [0.15, 0.2) is 0 Å². The summed E-state index contributed by atoms with van der Waals surface area (Å²) >= 11 is 0. The highest BCUT2D eigenvalue weighted by molar-refractivity contribution is 6.37. The number of nitrogens with one attached hydrogen (secondary N) is 1. The summed E-state index contributed by atoms with van der Waals surface area (Å²) in [6, 6.07) is 0. The Morgan fingerprint density at radius 1 is 1.80 bits per heavy atom. The smallest absolute Gasteiger partial charge is 0.0389 e. The monoisotopic (exact) mass is 88.1 g/mol. The lowest BCUT2D eigenvalue weighted by Gasteiger charge is -1.82. The molecule has 0 aromatic heterocycles. The molecule has 0 unspecified atom stereocenters. The highest BCUT2D eigenvalue weighted by Gasteiger charge is 1.67. The van der Waals surface area contributed by atoms with Crippen molar-refractivity contribution in [3.8, 4) is 0 Å². The first-order chi connectivity index (χ1) is 2.41. The van der Waals surface area contributed by atoms with E-state index in [0.717, 1.165) is 0 Å². The molecule has 1 radical (unpaired) electrons. The van der Waals surface area contributed by atoms with Gasteiger partial charge >= 0.3 is 0 Å². The lowest BCUT2D eigenvalue weighted by molar-refractivity contribution is 1.06. The lowest BCUT2D eigenvalue weighted by Crippen LogP contribution is -2.03. The van der Waals surface area contributed by atoms with Gasteiger partial charge in [0.05, 0.1) is 0 Å². The Hall–Kier alpha value is 0.177. The van der Waals surface area contributed by atoms with Crippen LogP contribution in [0.25, 0.3) is 0 Å². The maximum absolute atomic E-state index is 2.95. The van der Waals surface area contributed by atoms with Crippen molar-refractivity contribution in [1.82, 2.24) is 5.32 Å². The van der Waals surface area contributed by atoms with Crippen molar-refractivity contribution in [3.05, 3.63) is 6.17 Å². The fourth-order valence-electron chi connectivity index (χ4n) is 0.204. The van der Waals surface area contributed by atoms with Gasteiger partial charge in [0.25, 0.3) is 0 Å². The zero-order valence-electron chi connectivity index (χ0n) is 3.78. The van der Waals surface area contributed by atoms with E-state index in [4.69, 9.17) is 0 Å². The molecular formula is C3H10NSi. The SMILES string of the molecule is CN[CH][SiH2]C. The van der Waals surface area contributed by atoms with Gasteiger partial charge in [0.2, 0.25) is 0 Å². The van der Waals surface area contributed by atoms with Gasteiger partial charge in [-0.1, -0.05) is 6.55 Å². The second-order valence-corrected chi connectivity index (χ2v) is 2.13. The van der Waals surface area contributed by atoms with Crippen molar-refractivity contribution >= 4 is 9.52 Å². The first-order valence-electron chi connectivity index (χ1n) is 1.90. The minimum atomic E-state index is 0.178. The summed E-state index contributed by atoms with van der Waals surface area (Å²) in [5.41, 5.74) is 0. The standard InChI is InChI=1S/C3H10NSi/c1-4-3-5-2/h3-4H,5H2,1-2H3. The summed E-state index contributed by atoms with van der Waals surface area (Å²) < 4.78 is 0. The maximum Gasteiger partial charge on any atom is 0.0389 e. The Labute approximate surface area is 35.6 Å². The van der Waals surface area contributed by atoms with Crippen molar-refractivity contribution < 1.29 is 0 Å². The Bertz CT molecular complexity index is 14.4. The van der Waals surface area contributed by atoms with Crippen LogP contribution in [0.4, 0.5) is 0 Å². The van der Waals surface area contributed by atoms with Gasteiger partial charge in [-0.05, 0) is 7.05 Å². The van der Waals surface area contributed by atoms with Gasteiger partial charge in [-0.25, -0.2) is 0 Å². The van der Waals surface area contributed by atoms with Gasteiger partial charge in [0, 0.05) is 15.7 Å². The molecule has 0 aliphatic carbocycles. The molecule has 0 aromatic rings. The van der Waals surface area contributed by atoms with Gasteiger partial charge < -0.3 is 5.32 Å². The van der Waals surface area contributed by atoms with Gasteiger partial charge in [-0.2, -0.15) is 0 Å². The number of rotatable bonds is 2. The zero-order chi connectivity index (χ0) is 4.12. The topological polar surface area (TPSA) is 12.0 Å². The summed E-state index contributed by atoms with van der Waals surface area (Å²) in [6.45, 7) is 2.23. The summed E-state index contributed by atoms with van der Waals surface area (Å²) in [7, 11) is 2.12. The molecule has 0 heterocycles. The quantitative estimate of drug-likeness (QED) is 0.450. The largest absolute Gasteiger partial charge is 0.319 e. The predicted octanol–water partition coefficient (Wildman–Crippen LogP) is -0.458. The van der Waals surface area contributed by atoms with E-state index in [2.05, 4.69) is 18.0 Å². The van der Waals surface area contributed by atoms with E-state index in [1.54, 1.807) is 0 Å². The van der Waals surface area contributed by atoms with Crippen molar-refractivity contribution in [2.75, 3.05) is 7.05 Å². The van der Waals surface area contributed by atoms with Crippen molar-refractivity contribution in [1.29, 1.82) is 0 Å². The normalized spacial score (nSPS) is 10.8. The van der Waals surface area contributed by atoms with E-state index in [-0.39, 0.29) is 9.52 Å². The Balaban J connectivity index is 2.19. The number of hydrogen-bond donors (Lipinski definition) is 1. The van der Waals surface area contributed by atoms with Gasteiger partial charge in [0.15, 0.2) is 0 Å². The average Bonchev–Trinajstić information content (AvgIpc) is 1.41. The van der Waals surface area contributed by atoms with Crippen molar-refractivity contribution in [3.63, 3.8) is 0 Å². The van der Waals surface area contributed by atoms with Gasteiger partial charge in [-0.15, -0.1) is 0 Å². The van der Waals surface area contributed by atoms with E-state index in [9.17, 15) is 0 Å². The molecule has 5 heavy (non-hydrogen) atoms. The van der Waals surface area contributed by atoms with Crippen molar-refractivity contribution in [2.45, 2.75) is 6.55 Å². The zero-order valence-corrected chi connectivity index (χ0v) is 5.20. The third-order valence-electron chi connectivity index (χ3n) is 0.408. The van der Waals surface area contributed by atoms with Crippen molar-refractivity contribution in [2.24, 2.45) is 0 Å². The molecule has 0 spiro atoms. The fourth-order valence-corrected chi connectivity index (χ4v) is 0.612. The fraction of sp³-hybridized carbons (Fsp3) is 0.667. The minimum Gasteiger partial charge on any atom is -0.319 e. The minimum absolute atomic E-state index is 0.178. The Morgan fingerprint density at radius 3 is 2.40 bits per heavy atom. The molecular weight excluding hydrogens is 78.1 g/mol. The summed E-state index contributed by atoms with van der Waals surface area (Å²) in [5.74, 6) is 0. The first-order valence-corrected chi connectivity index (χ1v) is 4.13. The molecule has 2 heteroatoms. The van der Waals surface area contributed by atoms with Crippen LogP contribution in [0.3, 0.4) is 0 Å². The van der Waals surface area contributed by atoms with E-state index in [1.807, 2.05) is 7.05 Å². The van der Waals surface area contributed by atoms with E-state index in [0.29, 0.717) is 0 Å². The molecule has 1 nitrogen and oxygen atoms in total. The van der Waals surface area contributed by atoms with E-state index < -0.39 is 0 Å². The Morgan fingerprint density at radius 2 is 2.40 bits per heavy atom. The van der Waals surface area contributed by atoms with E-state index >= 15 is 0 Å². The predicted molar refractivity (Wildman–Crippen MR) is 27.8 cm³/mol. The third-order valence-corrected chi connectivity index (χ3v) is 1.22. The molecule has 0 amide bonds. The highest BCUT2D eigenvalue weighted by atomic mass is 28.2. The van der Waals surface area contributed by atoms with Crippen LogP contribution in [-0.4, -0.2) is 16.6 Å². The summed E-state index contributed by atoms with van der Waals surface area (Å²) in [6.07, 6.45) is 2.14. The first kappa shape index (κ1) is 5.18.